The van der Waals surface area contributed by atoms with Crippen molar-refractivity contribution in [1.82, 2.24) is 4.98 Å². The van der Waals surface area contributed by atoms with E-state index in [4.69, 9.17) is 10.5 Å². The first kappa shape index (κ1) is 16.5. The molecular weight excluding hydrogens is 278 g/mol. The Kier molecular flexibility index (Phi) is 7.08. The van der Waals surface area contributed by atoms with E-state index < -0.39 is 5.82 Å². The molecule has 0 spiro atoms. The quantitative estimate of drug-likeness (QED) is 0.883. The van der Waals surface area contributed by atoms with Crippen molar-refractivity contribution in [3.63, 3.8) is 0 Å². The highest BCUT2D eigenvalue weighted by atomic mass is 35.5. The number of ether oxygens (including phenoxy) is 1. The Morgan fingerprint density at radius 1 is 1.11 bits per heavy atom. The highest BCUT2D eigenvalue weighted by Gasteiger charge is 2.03. The molecule has 0 unspecified atom stereocenters. The highest BCUT2D eigenvalue weighted by molar-refractivity contribution is 5.85. The van der Waals surface area contributed by atoms with Gasteiger partial charge in [-0.1, -0.05) is 0 Å². The summed E-state index contributed by atoms with van der Waals surface area (Å²) in [5, 5.41) is 0. The fourth-order valence-corrected chi connectivity index (χ4v) is 1.27. The van der Waals surface area contributed by atoms with Crippen molar-refractivity contribution >= 4 is 30.5 Å². The first-order valence-corrected chi connectivity index (χ1v) is 4.82. The van der Waals surface area contributed by atoms with Crippen LogP contribution in [0.3, 0.4) is 0 Å². The first-order chi connectivity index (χ1) is 7.75. The van der Waals surface area contributed by atoms with Crippen LogP contribution in [0.5, 0.6) is 5.75 Å². The molecule has 0 radical (unpaired) electrons. The summed E-state index contributed by atoms with van der Waals surface area (Å²) in [5.74, 6) is -0.250. The van der Waals surface area contributed by atoms with Crippen LogP contribution in [0.4, 0.5) is 10.1 Å². The van der Waals surface area contributed by atoms with Gasteiger partial charge in [0, 0.05) is 24.1 Å². The number of hydrogen-bond acceptors (Lipinski definition) is 3. The molecular formula is C12H13Cl2FN2O. The fraction of sp³-hybridized carbons (Fsp3) is 0.0833. The second-order valence-electron chi connectivity index (χ2n) is 3.33. The Hall–Kier alpha value is -1.52. The molecule has 18 heavy (non-hydrogen) atoms. The summed E-state index contributed by atoms with van der Waals surface area (Å²) >= 11 is 0. The predicted molar refractivity (Wildman–Crippen MR) is 73.9 cm³/mol. The first-order valence-electron chi connectivity index (χ1n) is 4.82. The third kappa shape index (κ3) is 4.39. The molecule has 0 fully saturated rings. The summed E-state index contributed by atoms with van der Waals surface area (Å²) in [6, 6.07) is 7.99. The molecule has 1 aromatic carbocycles. The topological polar surface area (TPSA) is 48.1 Å². The maximum absolute atomic E-state index is 13.3. The van der Waals surface area contributed by atoms with Crippen molar-refractivity contribution in [2.24, 2.45) is 0 Å². The molecule has 1 heterocycles. The molecule has 2 aromatic rings. The number of rotatable bonds is 3. The van der Waals surface area contributed by atoms with E-state index in [-0.39, 0.29) is 30.6 Å². The minimum absolute atomic E-state index is 0. The number of halogens is 3. The Morgan fingerprint density at radius 2 is 1.78 bits per heavy atom. The molecule has 0 atom stereocenters. The lowest BCUT2D eigenvalue weighted by Crippen LogP contribution is -1.98. The van der Waals surface area contributed by atoms with Gasteiger partial charge in [0.2, 0.25) is 0 Å². The zero-order chi connectivity index (χ0) is 11.4. The van der Waals surface area contributed by atoms with Crippen LogP contribution in [0.25, 0.3) is 0 Å². The minimum atomic E-state index is -0.450. The monoisotopic (exact) mass is 290 g/mol. The molecule has 0 saturated carbocycles. The van der Waals surface area contributed by atoms with E-state index in [1.807, 2.05) is 12.1 Å². The molecule has 0 aliphatic carbocycles. The number of nitrogens with two attached hydrogens (primary N) is 1. The average molecular weight is 291 g/mol. The van der Waals surface area contributed by atoms with Crippen molar-refractivity contribution in [3.8, 4) is 5.75 Å². The number of benzene rings is 1. The van der Waals surface area contributed by atoms with Gasteiger partial charge in [-0.25, -0.2) is 4.39 Å². The zero-order valence-corrected chi connectivity index (χ0v) is 11.0. The lowest BCUT2D eigenvalue weighted by Gasteiger charge is -2.07. The predicted octanol–water partition coefficient (Wildman–Crippen LogP) is 3.23. The van der Waals surface area contributed by atoms with E-state index in [0.717, 1.165) is 5.56 Å². The summed E-state index contributed by atoms with van der Waals surface area (Å²) in [7, 11) is 0. The number of nitrogen functional groups attached to an aromatic ring is 1. The van der Waals surface area contributed by atoms with Crippen LogP contribution >= 0.6 is 24.8 Å². The summed E-state index contributed by atoms with van der Waals surface area (Å²) in [4.78, 5) is 3.88. The van der Waals surface area contributed by atoms with Crippen LogP contribution < -0.4 is 10.5 Å². The lowest BCUT2D eigenvalue weighted by atomic mass is 10.3. The van der Waals surface area contributed by atoms with E-state index in [1.165, 1.54) is 12.1 Å². The largest absolute Gasteiger partial charge is 0.486 e. The maximum atomic E-state index is 13.3. The Labute approximate surface area is 117 Å². The highest BCUT2D eigenvalue weighted by Crippen LogP contribution is 2.20. The van der Waals surface area contributed by atoms with Crippen LogP contribution in [0.15, 0.2) is 42.7 Å². The van der Waals surface area contributed by atoms with Crippen molar-refractivity contribution in [1.29, 1.82) is 0 Å². The van der Waals surface area contributed by atoms with Gasteiger partial charge in [-0.2, -0.15) is 0 Å². The van der Waals surface area contributed by atoms with Crippen molar-refractivity contribution in [3.05, 3.63) is 54.1 Å². The summed E-state index contributed by atoms with van der Waals surface area (Å²) < 4.78 is 18.7. The molecule has 0 aliphatic rings. The minimum Gasteiger partial charge on any atom is -0.486 e. The summed E-state index contributed by atoms with van der Waals surface area (Å²) in [6.07, 6.45) is 3.33. The molecule has 0 bridgehead atoms. The van der Waals surface area contributed by atoms with E-state index in [1.54, 1.807) is 18.5 Å². The number of hydrogen-bond donors (Lipinski definition) is 1. The van der Waals surface area contributed by atoms with Gasteiger partial charge in [0.1, 0.15) is 6.61 Å². The second-order valence-corrected chi connectivity index (χ2v) is 3.33. The van der Waals surface area contributed by atoms with E-state index in [0.29, 0.717) is 12.3 Å². The molecule has 2 rings (SSSR count). The average Bonchev–Trinajstić information content (AvgIpc) is 2.29. The zero-order valence-electron chi connectivity index (χ0n) is 9.38. The number of anilines is 1. The summed E-state index contributed by atoms with van der Waals surface area (Å²) in [5.41, 5.74) is 6.75. The molecule has 1 aromatic heterocycles. The molecule has 0 amide bonds. The van der Waals surface area contributed by atoms with Crippen LogP contribution in [-0.4, -0.2) is 4.98 Å². The SMILES string of the molecule is Cl.Cl.Nc1ccc(OCc2ccncc2)c(F)c1. The molecule has 0 saturated heterocycles. The third-order valence-electron chi connectivity index (χ3n) is 2.10. The van der Waals surface area contributed by atoms with Crippen molar-refractivity contribution < 1.29 is 9.13 Å². The number of nitrogens with zero attached hydrogens (tertiary/aromatic N) is 1. The lowest BCUT2D eigenvalue weighted by molar-refractivity contribution is 0.290. The van der Waals surface area contributed by atoms with Crippen LogP contribution in [-0.2, 0) is 6.61 Å². The standard InChI is InChI=1S/C12H11FN2O.2ClH/c13-11-7-10(14)1-2-12(11)16-8-9-3-5-15-6-4-9;;/h1-7H,8,14H2;2*1H. The van der Waals surface area contributed by atoms with Gasteiger partial charge in [0.05, 0.1) is 0 Å². The van der Waals surface area contributed by atoms with E-state index in [2.05, 4.69) is 4.98 Å². The Balaban J connectivity index is 0.00000144. The fourth-order valence-electron chi connectivity index (χ4n) is 1.27. The van der Waals surface area contributed by atoms with Crippen LogP contribution in [0.2, 0.25) is 0 Å². The molecule has 98 valence electrons. The second kappa shape index (κ2) is 7.74. The molecule has 6 heteroatoms. The van der Waals surface area contributed by atoms with Gasteiger partial charge in [0.25, 0.3) is 0 Å². The van der Waals surface area contributed by atoms with Gasteiger partial charge in [-0.05, 0) is 29.8 Å². The van der Waals surface area contributed by atoms with Crippen LogP contribution in [0, 0.1) is 5.82 Å². The Morgan fingerprint density at radius 3 is 2.39 bits per heavy atom. The van der Waals surface area contributed by atoms with Gasteiger partial charge >= 0.3 is 0 Å². The van der Waals surface area contributed by atoms with Gasteiger partial charge < -0.3 is 10.5 Å². The number of aromatic nitrogens is 1. The smallest absolute Gasteiger partial charge is 0.167 e. The molecule has 3 nitrogen and oxygen atoms in total. The van der Waals surface area contributed by atoms with Gasteiger partial charge in [-0.15, -0.1) is 24.8 Å². The maximum Gasteiger partial charge on any atom is 0.167 e. The van der Waals surface area contributed by atoms with E-state index in [9.17, 15) is 4.39 Å². The van der Waals surface area contributed by atoms with Crippen LogP contribution in [0.1, 0.15) is 5.56 Å². The van der Waals surface area contributed by atoms with Gasteiger partial charge in [0.15, 0.2) is 11.6 Å². The molecule has 2 N–H and O–H groups in total. The number of pyridine rings is 1. The normalized spacial score (nSPS) is 8.94. The van der Waals surface area contributed by atoms with E-state index >= 15 is 0 Å². The molecule has 0 aliphatic heterocycles. The van der Waals surface area contributed by atoms with Crippen molar-refractivity contribution in [2.45, 2.75) is 6.61 Å². The summed E-state index contributed by atoms with van der Waals surface area (Å²) in [6.45, 7) is 0.309. The third-order valence-corrected chi connectivity index (χ3v) is 2.10. The van der Waals surface area contributed by atoms with Gasteiger partial charge in [-0.3, -0.25) is 4.98 Å². The Bertz CT molecular complexity index is 483. The van der Waals surface area contributed by atoms with Crippen molar-refractivity contribution in [2.75, 3.05) is 5.73 Å².